The second-order valence-electron chi connectivity index (χ2n) is 3.89. The predicted molar refractivity (Wildman–Crippen MR) is 73.2 cm³/mol. The van der Waals surface area contributed by atoms with Gasteiger partial charge in [0.2, 0.25) is 0 Å². The number of hydrogen-bond donors (Lipinski definition) is 1. The summed E-state index contributed by atoms with van der Waals surface area (Å²) in [5.41, 5.74) is 1.34. The maximum absolute atomic E-state index is 13.9. The van der Waals surface area contributed by atoms with Crippen molar-refractivity contribution in [2.24, 2.45) is 7.05 Å². The molecular formula is C12H12BrClFN3. The summed E-state index contributed by atoms with van der Waals surface area (Å²) < 4.78 is 16.4. The number of nitrogens with one attached hydrogen (secondary N) is 1. The van der Waals surface area contributed by atoms with Gasteiger partial charge < -0.3 is 5.32 Å². The quantitative estimate of drug-likeness (QED) is 0.935. The standard InChI is InChI=1S/C12H12BrClFN3/c1-16-11(12-9(13)6-17-18(12)2)8-5-7(14)3-4-10(8)15/h3-6,11,16H,1-2H3. The van der Waals surface area contributed by atoms with Gasteiger partial charge in [-0.3, -0.25) is 4.68 Å². The minimum Gasteiger partial charge on any atom is -0.308 e. The molecule has 1 N–H and O–H groups in total. The highest BCUT2D eigenvalue weighted by atomic mass is 79.9. The van der Waals surface area contributed by atoms with Crippen LogP contribution < -0.4 is 5.32 Å². The molecule has 0 spiro atoms. The maximum Gasteiger partial charge on any atom is 0.128 e. The maximum atomic E-state index is 13.9. The van der Waals surface area contributed by atoms with E-state index >= 15 is 0 Å². The number of aromatic nitrogens is 2. The van der Waals surface area contributed by atoms with Crippen molar-refractivity contribution in [3.05, 3.63) is 51.0 Å². The minimum atomic E-state index is -0.314. The highest BCUT2D eigenvalue weighted by Crippen LogP contribution is 2.30. The first-order valence-electron chi connectivity index (χ1n) is 5.34. The van der Waals surface area contributed by atoms with Crippen LogP contribution in [0.2, 0.25) is 5.02 Å². The largest absolute Gasteiger partial charge is 0.308 e. The summed E-state index contributed by atoms with van der Waals surface area (Å²) in [6.07, 6.45) is 1.68. The summed E-state index contributed by atoms with van der Waals surface area (Å²) in [5.74, 6) is -0.299. The van der Waals surface area contributed by atoms with Crippen LogP contribution in [-0.2, 0) is 7.05 Å². The molecule has 2 rings (SSSR count). The first-order valence-corrected chi connectivity index (χ1v) is 6.51. The summed E-state index contributed by atoms with van der Waals surface area (Å²) in [6.45, 7) is 0. The molecule has 1 unspecified atom stereocenters. The van der Waals surface area contributed by atoms with Crippen LogP contribution in [0.5, 0.6) is 0 Å². The van der Waals surface area contributed by atoms with E-state index in [1.807, 2.05) is 7.05 Å². The summed E-state index contributed by atoms with van der Waals surface area (Å²) in [6, 6.07) is 4.21. The first-order chi connectivity index (χ1) is 8.54. The van der Waals surface area contributed by atoms with Gasteiger partial charge in [-0.1, -0.05) is 11.6 Å². The normalized spacial score (nSPS) is 12.7. The zero-order chi connectivity index (χ0) is 13.3. The predicted octanol–water partition coefficient (Wildman–Crippen LogP) is 3.28. The van der Waals surface area contributed by atoms with Gasteiger partial charge in [-0.15, -0.1) is 0 Å². The van der Waals surface area contributed by atoms with Crippen molar-refractivity contribution in [1.29, 1.82) is 0 Å². The molecule has 2 aromatic rings. The fourth-order valence-corrected chi connectivity index (χ4v) is 2.68. The molecule has 1 aromatic heterocycles. The molecule has 3 nitrogen and oxygen atoms in total. The molecule has 96 valence electrons. The molecule has 0 amide bonds. The molecule has 6 heteroatoms. The van der Waals surface area contributed by atoms with Crippen molar-refractivity contribution < 1.29 is 4.39 Å². The molecule has 1 aromatic carbocycles. The van der Waals surface area contributed by atoms with Gasteiger partial charge in [-0.05, 0) is 41.2 Å². The Kier molecular flexibility index (Phi) is 4.04. The molecule has 0 aliphatic heterocycles. The van der Waals surface area contributed by atoms with Crippen molar-refractivity contribution >= 4 is 27.5 Å². The molecule has 0 bridgehead atoms. The lowest BCUT2D eigenvalue weighted by atomic mass is 10.0. The van der Waals surface area contributed by atoms with E-state index in [2.05, 4.69) is 26.3 Å². The minimum absolute atomic E-state index is 0.299. The van der Waals surface area contributed by atoms with E-state index in [9.17, 15) is 4.39 Å². The van der Waals surface area contributed by atoms with E-state index in [1.54, 1.807) is 24.0 Å². The van der Waals surface area contributed by atoms with E-state index in [0.717, 1.165) is 10.2 Å². The summed E-state index contributed by atoms with van der Waals surface area (Å²) in [4.78, 5) is 0. The Morgan fingerprint density at radius 1 is 1.50 bits per heavy atom. The lowest BCUT2D eigenvalue weighted by molar-refractivity contribution is 0.550. The van der Waals surface area contributed by atoms with Crippen LogP contribution in [-0.4, -0.2) is 16.8 Å². The van der Waals surface area contributed by atoms with Crippen LogP contribution in [0.1, 0.15) is 17.3 Å². The molecular weight excluding hydrogens is 321 g/mol. The number of nitrogens with zero attached hydrogens (tertiary/aromatic N) is 2. The summed E-state index contributed by atoms with van der Waals surface area (Å²) in [5, 5.41) is 7.72. The van der Waals surface area contributed by atoms with Crippen molar-refractivity contribution in [2.75, 3.05) is 7.05 Å². The molecule has 0 saturated carbocycles. The van der Waals surface area contributed by atoms with Crippen LogP contribution in [0.3, 0.4) is 0 Å². The third-order valence-electron chi connectivity index (χ3n) is 2.77. The molecule has 18 heavy (non-hydrogen) atoms. The highest BCUT2D eigenvalue weighted by molar-refractivity contribution is 9.10. The van der Waals surface area contributed by atoms with Crippen LogP contribution in [0.4, 0.5) is 4.39 Å². The number of halogens is 3. The Morgan fingerprint density at radius 2 is 2.22 bits per heavy atom. The van der Waals surface area contributed by atoms with E-state index in [-0.39, 0.29) is 11.9 Å². The molecule has 0 aliphatic rings. The Labute approximate surface area is 118 Å². The molecule has 0 radical (unpaired) electrons. The SMILES string of the molecule is CNC(c1cc(Cl)ccc1F)c1c(Br)cnn1C. The van der Waals surface area contributed by atoms with Gasteiger partial charge in [0.15, 0.2) is 0 Å². The average molecular weight is 333 g/mol. The summed E-state index contributed by atoms with van der Waals surface area (Å²) >= 11 is 9.35. The topological polar surface area (TPSA) is 29.9 Å². The van der Waals surface area contributed by atoms with E-state index in [4.69, 9.17) is 11.6 Å². The number of rotatable bonds is 3. The zero-order valence-corrected chi connectivity index (χ0v) is 12.3. The van der Waals surface area contributed by atoms with Crippen molar-refractivity contribution in [2.45, 2.75) is 6.04 Å². The van der Waals surface area contributed by atoms with Gasteiger partial charge in [0.05, 0.1) is 22.4 Å². The molecule has 0 saturated heterocycles. The third-order valence-corrected chi connectivity index (χ3v) is 3.61. The second kappa shape index (κ2) is 5.38. The van der Waals surface area contributed by atoms with E-state index in [0.29, 0.717) is 10.6 Å². The molecule has 1 heterocycles. The third kappa shape index (κ3) is 2.43. The monoisotopic (exact) mass is 331 g/mol. The fourth-order valence-electron chi connectivity index (χ4n) is 1.92. The van der Waals surface area contributed by atoms with Crippen LogP contribution in [0.25, 0.3) is 0 Å². The van der Waals surface area contributed by atoms with E-state index in [1.165, 1.54) is 12.1 Å². The Balaban J connectivity index is 2.55. The molecule has 0 aliphatic carbocycles. The van der Waals surface area contributed by atoms with Crippen molar-refractivity contribution in [3.8, 4) is 0 Å². The smallest absolute Gasteiger partial charge is 0.128 e. The van der Waals surface area contributed by atoms with Gasteiger partial charge in [-0.25, -0.2) is 4.39 Å². The van der Waals surface area contributed by atoms with E-state index < -0.39 is 0 Å². The van der Waals surface area contributed by atoms with Gasteiger partial charge in [0, 0.05) is 17.6 Å². The second-order valence-corrected chi connectivity index (χ2v) is 5.18. The fraction of sp³-hybridized carbons (Fsp3) is 0.250. The Hall–Kier alpha value is -0.910. The lowest BCUT2D eigenvalue weighted by Gasteiger charge is -2.18. The zero-order valence-electron chi connectivity index (χ0n) is 9.92. The Bertz CT molecular complexity index is 551. The van der Waals surface area contributed by atoms with Crippen LogP contribution in [0.15, 0.2) is 28.9 Å². The van der Waals surface area contributed by atoms with Crippen LogP contribution >= 0.6 is 27.5 Å². The van der Waals surface area contributed by atoms with Crippen LogP contribution in [0, 0.1) is 5.82 Å². The number of aryl methyl sites for hydroxylation is 1. The summed E-state index contributed by atoms with van der Waals surface area (Å²) in [7, 11) is 3.58. The molecule has 1 atom stereocenters. The van der Waals surface area contributed by atoms with Crippen molar-refractivity contribution in [3.63, 3.8) is 0 Å². The number of hydrogen-bond acceptors (Lipinski definition) is 2. The average Bonchev–Trinajstić information content (AvgIpc) is 2.66. The lowest BCUT2D eigenvalue weighted by Crippen LogP contribution is -2.22. The molecule has 0 fully saturated rings. The number of benzene rings is 1. The van der Waals surface area contributed by atoms with Crippen molar-refractivity contribution in [1.82, 2.24) is 15.1 Å². The Morgan fingerprint density at radius 3 is 2.78 bits per heavy atom. The van der Waals surface area contributed by atoms with Gasteiger partial charge in [0.1, 0.15) is 5.82 Å². The highest BCUT2D eigenvalue weighted by Gasteiger charge is 2.22. The first kappa shape index (κ1) is 13.5. The van der Waals surface area contributed by atoms with Gasteiger partial charge in [-0.2, -0.15) is 5.10 Å². The van der Waals surface area contributed by atoms with Gasteiger partial charge in [0.25, 0.3) is 0 Å². The van der Waals surface area contributed by atoms with Gasteiger partial charge >= 0.3 is 0 Å².